The summed E-state index contributed by atoms with van der Waals surface area (Å²) in [6.45, 7) is 4.23. The smallest absolute Gasteiger partial charge is 0.277 e. The summed E-state index contributed by atoms with van der Waals surface area (Å²) < 4.78 is 0.621. The summed E-state index contributed by atoms with van der Waals surface area (Å²) in [7, 11) is 0. The van der Waals surface area contributed by atoms with Gasteiger partial charge in [-0.3, -0.25) is 29.6 Å². The normalized spacial score (nSPS) is 18.6. The number of nitrogens with one attached hydrogen (secondary N) is 3. The van der Waals surface area contributed by atoms with E-state index in [0.717, 1.165) is 5.69 Å². The van der Waals surface area contributed by atoms with Crippen molar-refractivity contribution in [2.75, 3.05) is 5.32 Å². The molecule has 3 heterocycles. The topological polar surface area (TPSA) is 124 Å². The zero-order chi connectivity index (χ0) is 21.6. The van der Waals surface area contributed by atoms with Crippen LogP contribution in [0.4, 0.5) is 5.69 Å². The Balaban J connectivity index is 1.51. The molecule has 2 aliphatic heterocycles. The molecule has 1 unspecified atom stereocenters. The second-order valence-corrected chi connectivity index (χ2v) is 8.47. The zero-order valence-electron chi connectivity index (χ0n) is 16.4. The number of hydrogen-bond donors (Lipinski definition) is 3. The number of fused-ring (bicyclic) bond motifs is 1. The van der Waals surface area contributed by atoms with Crippen LogP contribution in [-0.2, 0) is 16.1 Å². The Hall–Kier alpha value is -3.01. The van der Waals surface area contributed by atoms with Crippen LogP contribution in [0.25, 0.3) is 0 Å². The lowest BCUT2D eigenvalue weighted by molar-refractivity contribution is -0.136. The number of carbonyl (C=O) groups excluding carboxylic acids is 4. The molecular weight excluding hydrogens is 454 g/mol. The van der Waals surface area contributed by atoms with Crippen molar-refractivity contribution in [1.82, 2.24) is 20.4 Å². The molecule has 2 aromatic rings. The average molecular weight is 474 g/mol. The first-order valence-corrected chi connectivity index (χ1v) is 10.4. The van der Waals surface area contributed by atoms with Gasteiger partial charge in [-0.2, -0.15) is 5.10 Å². The van der Waals surface area contributed by atoms with Crippen molar-refractivity contribution in [3.05, 3.63) is 45.2 Å². The summed E-state index contributed by atoms with van der Waals surface area (Å²) in [6.07, 6.45) is 0.508. The number of piperidine rings is 1. The molecule has 0 spiro atoms. The van der Waals surface area contributed by atoms with Gasteiger partial charge in [0.05, 0.1) is 10.2 Å². The van der Waals surface area contributed by atoms with E-state index in [1.165, 1.54) is 4.90 Å². The number of halogens is 1. The summed E-state index contributed by atoms with van der Waals surface area (Å²) in [5, 5.41) is 12.0. The van der Waals surface area contributed by atoms with Gasteiger partial charge in [-0.25, -0.2) is 0 Å². The number of carbonyl (C=O) groups is 4. The molecule has 1 atom stereocenters. The third kappa shape index (κ3) is 3.51. The maximum atomic E-state index is 12.7. The maximum Gasteiger partial charge on any atom is 0.277 e. The Bertz CT molecular complexity index is 1080. The van der Waals surface area contributed by atoms with Crippen LogP contribution in [0.2, 0.25) is 0 Å². The molecule has 4 amide bonds. The van der Waals surface area contributed by atoms with E-state index in [1.807, 2.05) is 13.8 Å². The Morgan fingerprint density at radius 2 is 2.07 bits per heavy atom. The van der Waals surface area contributed by atoms with Crippen molar-refractivity contribution < 1.29 is 19.2 Å². The lowest BCUT2D eigenvalue weighted by Gasteiger charge is -2.29. The lowest BCUT2D eigenvalue weighted by Crippen LogP contribution is -2.52. The summed E-state index contributed by atoms with van der Waals surface area (Å²) in [5.74, 6) is -1.23. The van der Waals surface area contributed by atoms with Gasteiger partial charge in [-0.05, 0) is 52.0 Å². The SMILES string of the molecule is CC(C)c1[nH]nc(C(=O)Nc2ccc3c(c2)CN(C2CCC(=O)NC2=O)C3=O)c1Br. The van der Waals surface area contributed by atoms with E-state index >= 15 is 0 Å². The monoisotopic (exact) mass is 473 g/mol. The molecule has 4 rings (SSSR count). The molecule has 0 saturated carbocycles. The van der Waals surface area contributed by atoms with E-state index < -0.39 is 11.9 Å². The molecule has 3 N–H and O–H groups in total. The Kier molecular flexibility index (Phi) is 5.19. The Labute approximate surface area is 180 Å². The highest BCUT2D eigenvalue weighted by Gasteiger charge is 2.39. The van der Waals surface area contributed by atoms with Crippen LogP contribution in [0.3, 0.4) is 0 Å². The highest BCUT2D eigenvalue weighted by molar-refractivity contribution is 9.10. The van der Waals surface area contributed by atoms with Gasteiger partial charge < -0.3 is 10.2 Å². The van der Waals surface area contributed by atoms with Gasteiger partial charge >= 0.3 is 0 Å². The molecule has 1 aromatic carbocycles. The fourth-order valence-electron chi connectivity index (χ4n) is 3.72. The van der Waals surface area contributed by atoms with Crippen molar-refractivity contribution in [3.8, 4) is 0 Å². The second-order valence-electron chi connectivity index (χ2n) is 7.68. The first-order valence-electron chi connectivity index (χ1n) is 9.59. The van der Waals surface area contributed by atoms with E-state index in [1.54, 1.807) is 18.2 Å². The van der Waals surface area contributed by atoms with Gasteiger partial charge in [0.15, 0.2) is 5.69 Å². The lowest BCUT2D eigenvalue weighted by atomic mass is 10.0. The van der Waals surface area contributed by atoms with Crippen LogP contribution in [0.15, 0.2) is 22.7 Å². The predicted octanol–water partition coefficient (Wildman–Crippen LogP) is 2.31. The largest absolute Gasteiger partial charge is 0.322 e. The molecule has 9 nitrogen and oxygen atoms in total. The minimum absolute atomic E-state index is 0.178. The van der Waals surface area contributed by atoms with E-state index in [2.05, 4.69) is 36.8 Å². The molecule has 0 bridgehead atoms. The fraction of sp³-hybridized carbons (Fsp3) is 0.350. The first kappa shape index (κ1) is 20.3. The molecule has 1 saturated heterocycles. The molecular formula is C20H20BrN5O4. The van der Waals surface area contributed by atoms with Crippen LogP contribution in [0.1, 0.15) is 64.7 Å². The quantitative estimate of drug-likeness (QED) is 0.587. The molecule has 0 radical (unpaired) electrons. The number of imide groups is 1. The number of rotatable bonds is 4. The Morgan fingerprint density at radius 1 is 1.30 bits per heavy atom. The molecule has 2 aliphatic rings. The van der Waals surface area contributed by atoms with Gasteiger partial charge in [0.25, 0.3) is 11.8 Å². The number of aromatic nitrogens is 2. The first-order chi connectivity index (χ1) is 14.3. The Morgan fingerprint density at radius 3 is 2.73 bits per heavy atom. The molecule has 156 valence electrons. The van der Waals surface area contributed by atoms with Crippen LogP contribution in [0, 0.1) is 0 Å². The van der Waals surface area contributed by atoms with Crippen LogP contribution < -0.4 is 10.6 Å². The number of nitrogens with zero attached hydrogens (tertiary/aromatic N) is 2. The minimum Gasteiger partial charge on any atom is -0.322 e. The fourth-order valence-corrected chi connectivity index (χ4v) is 4.53. The van der Waals surface area contributed by atoms with Crippen molar-refractivity contribution in [1.29, 1.82) is 0 Å². The number of H-pyrrole nitrogens is 1. The third-order valence-corrected chi connectivity index (χ3v) is 6.11. The summed E-state index contributed by atoms with van der Waals surface area (Å²) in [6, 6.07) is 4.33. The molecule has 10 heteroatoms. The van der Waals surface area contributed by atoms with E-state index in [4.69, 9.17) is 0 Å². The zero-order valence-corrected chi connectivity index (χ0v) is 18.0. The van der Waals surface area contributed by atoms with Gasteiger partial charge in [0.2, 0.25) is 11.8 Å². The third-order valence-electron chi connectivity index (χ3n) is 5.31. The summed E-state index contributed by atoms with van der Waals surface area (Å²) in [5.41, 5.74) is 2.81. The van der Waals surface area contributed by atoms with Gasteiger partial charge in [-0.15, -0.1) is 0 Å². The molecule has 1 aromatic heterocycles. The summed E-state index contributed by atoms with van der Waals surface area (Å²) in [4.78, 5) is 50.4. The van der Waals surface area contributed by atoms with Crippen LogP contribution in [0.5, 0.6) is 0 Å². The number of hydrogen-bond acceptors (Lipinski definition) is 5. The van der Waals surface area contributed by atoms with Gasteiger partial charge in [-0.1, -0.05) is 13.8 Å². The number of benzene rings is 1. The van der Waals surface area contributed by atoms with E-state index in [0.29, 0.717) is 27.7 Å². The highest BCUT2D eigenvalue weighted by Crippen LogP contribution is 2.30. The number of aromatic amines is 1. The highest BCUT2D eigenvalue weighted by atomic mass is 79.9. The standard InChI is InChI=1S/C20H20BrN5O4/c1-9(2)16-15(21)17(25-24-16)19(29)22-11-3-4-12-10(7-11)8-26(20(12)30)13-5-6-14(27)23-18(13)28/h3-4,7,9,13H,5-6,8H2,1-2H3,(H,22,29)(H,24,25)(H,23,27,28). The molecule has 1 fully saturated rings. The molecule has 0 aliphatic carbocycles. The van der Waals surface area contributed by atoms with Crippen molar-refractivity contribution in [2.24, 2.45) is 0 Å². The maximum absolute atomic E-state index is 12.7. The predicted molar refractivity (Wildman–Crippen MR) is 111 cm³/mol. The minimum atomic E-state index is -0.671. The van der Waals surface area contributed by atoms with Crippen LogP contribution >= 0.6 is 15.9 Å². The average Bonchev–Trinajstić information content (AvgIpc) is 3.22. The summed E-state index contributed by atoms with van der Waals surface area (Å²) >= 11 is 3.42. The van der Waals surface area contributed by atoms with E-state index in [9.17, 15) is 19.2 Å². The van der Waals surface area contributed by atoms with Crippen molar-refractivity contribution >= 4 is 45.2 Å². The van der Waals surface area contributed by atoms with Crippen LogP contribution in [-0.4, -0.2) is 44.8 Å². The number of amides is 4. The van der Waals surface area contributed by atoms with Crippen molar-refractivity contribution in [2.45, 2.75) is 45.2 Å². The van der Waals surface area contributed by atoms with Gasteiger partial charge in [0.1, 0.15) is 6.04 Å². The number of anilines is 1. The van der Waals surface area contributed by atoms with Crippen molar-refractivity contribution in [3.63, 3.8) is 0 Å². The second kappa shape index (κ2) is 7.67. The molecule has 30 heavy (non-hydrogen) atoms. The van der Waals surface area contributed by atoms with Gasteiger partial charge in [0, 0.05) is 24.2 Å². The van der Waals surface area contributed by atoms with E-state index in [-0.39, 0.29) is 42.3 Å².